The van der Waals surface area contributed by atoms with Gasteiger partial charge in [0.15, 0.2) is 0 Å². The van der Waals surface area contributed by atoms with E-state index >= 15 is 0 Å². The number of nitrogens with one attached hydrogen (secondary N) is 1. The number of nitrogens with two attached hydrogens (primary N) is 2. The number of likely N-dealkylation sites (N-methyl/N-ethyl adjacent to an activating group) is 1. The fourth-order valence-electron chi connectivity index (χ4n) is 1.98. The summed E-state index contributed by atoms with van der Waals surface area (Å²) in [5.74, 6) is -0.488. The fourth-order valence-corrected chi connectivity index (χ4v) is 1.98. The molecule has 2 rings (SSSR count). The number of primary amides is 1. The van der Waals surface area contributed by atoms with Crippen molar-refractivity contribution in [1.29, 1.82) is 0 Å². The zero-order valence-electron chi connectivity index (χ0n) is 10.6. The molecular weight excluding hydrogens is 244 g/mol. The number of aromatic amines is 1. The Morgan fingerprint density at radius 2 is 2.05 bits per heavy atom. The van der Waals surface area contributed by atoms with Crippen LogP contribution in [0, 0.1) is 0 Å². The second-order valence-electron chi connectivity index (χ2n) is 4.41. The van der Waals surface area contributed by atoms with Gasteiger partial charge in [-0.3, -0.25) is 9.69 Å². The van der Waals surface area contributed by atoms with Crippen molar-refractivity contribution in [2.75, 3.05) is 7.05 Å². The van der Waals surface area contributed by atoms with E-state index in [0.717, 1.165) is 21.4 Å². The Kier molecular flexibility index (Phi) is 3.52. The molecular formula is C13H16N4O2. The van der Waals surface area contributed by atoms with Gasteiger partial charge in [0.05, 0.1) is 6.04 Å². The number of urea groups is 1. The number of rotatable bonds is 3. The minimum atomic E-state index is -0.806. The topological polar surface area (TPSA) is 105 Å². The molecule has 1 heterocycles. The summed E-state index contributed by atoms with van der Waals surface area (Å²) >= 11 is 0. The minimum Gasteiger partial charge on any atom is -0.361 e. The van der Waals surface area contributed by atoms with Crippen molar-refractivity contribution in [1.82, 2.24) is 9.88 Å². The summed E-state index contributed by atoms with van der Waals surface area (Å²) in [4.78, 5) is 26.7. The Bertz CT molecular complexity index is 620. The largest absolute Gasteiger partial charge is 0.361 e. The molecule has 0 unspecified atom stereocenters. The maximum absolute atomic E-state index is 11.8. The van der Waals surface area contributed by atoms with E-state index in [2.05, 4.69) is 4.98 Å². The Labute approximate surface area is 110 Å². The van der Waals surface area contributed by atoms with E-state index in [1.165, 1.54) is 7.05 Å². The average molecular weight is 260 g/mol. The van der Waals surface area contributed by atoms with Crippen LogP contribution in [0.2, 0.25) is 0 Å². The third kappa shape index (κ3) is 2.58. The SMILES string of the molecule is CN(C(N)=O)C(=O)[C@@H](N)Cc1c[nH]c2ccccc12. The molecule has 0 radical (unpaired) electrons. The highest BCUT2D eigenvalue weighted by Gasteiger charge is 2.22. The summed E-state index contributed by atoms with van der Waals surface area (Å²) in [5, 5.41) is 1.02. The predicted molar refractivity (Wildman–Crippen MR) is 72.3 cm³/mol. The van der Waals surface area contributed by atoms with Crippen molar-refractivity contribution >= 4 is 22.8 Å². The lowest BCUT2D eigenvalue weighted by atomic mass is 10.0. The van der Waals surface area contributed by atoms with Gasteiger partial charge < -0.3 is 16.5 Å². The smallest absolute Gasteiger partial charge is 0.321 e. The molecule has 0 aliphatic rings. The number of carbonyl (C=O) groups is 2. The number of carbonyl (C=O) groups excluding carboxylic acids is 2. The van der Waals surface area contributed by atoms with Gasteiger partial charge in [0, 0.05) is 24.1 Å². The van der Waals surface area contributed by atoms with Gasteiger partial charge in [-0.05, 0) is 18.1 Å². The van der Waals surface area contributed by atoms with Crippen LogP contribution in [0.3, 0.4) is 0 Å². The third-order valence-corrected chi connectivity index (χ3v) is 3.09. The number of amides is 3. The van der Waals surface area contributed by atoms with E-state index in [9.17, 15) is 9.59 Å². The summed E-state index contributed by atoms with van der Waals surface area (Å²) < 4.78 is 0. The van der Waals surface area contributed by atoms with Gasteiger partial charge in [-0.25, -0.2) is 4.79 Å². The third-order valence-electron chi connectivity index (χ3n) is 3.09. The Balaban J connectivity index is 2.17. The first kappa shape index (κ1) is 13.1. The normalized spacial score (nSPS) is 12.3. The molecule has 6 nitrogen and oxygen atoms in total. The summed E-state index contributed by atoms with van der Waals surface area (Å²) in [6, 6.07) is 6.14. The van der Waals surface area contributed by atoms with Crippen LogP contribution in [0.15, 0.2) is 30.5 Å². The highest BCUT2D eigenvalue weighted by atomic mass is 16.2. The van der Waals surface area contributed by atoms with E-state index in [0.29, 0.717) is 6.42 Å². The van der Waals surface area contributed by atoms with Crippen LogP contribution in [-0.4, -0.2) is 34.9 Å². The van der Waals surface area contributed by atoms with Crippen molar-refractivity contribution in [2.24, 2.45) is 11.5 Å². The monoisotopic (exact) mass is 260 g/mol. The molecule has 0 fully saturated rings. The summed E-state index contributed by atoms with van der Waals surface area (Å²) in [5.41, 5.74) is 12.8. The molecule has 3 amide bonds. The van der Waals surface area contributed by atoms with Crippen molar-refractivity contribution < 1.29 is 9.59 Å². The second kappa shape index (κ2) is 5.11. The van der Waals surface area contributed by atoms with Crippen LogP contribution in [-0.2, 0) is 11.2 Å². The van der Waals surface area contributed by atoms with E-state index in [-0.39, 0.29) is 0 Å². The summed E-state index contributed by atoms with van der Waals surface area (Å²) in [6.45, 7) is 0. The van der Waals surface area contributed by atoms with Gasteiger partial charge in [0.25, 0.3) is 0 Å². The number of hydrogen-bond acceptors (Lipinski definition) is 3. The Morgan fingerprint density at radius 3 is 2.74 bits per heavy atom. The molecule has 100 valence electrons. The first-order chi connectivity index (χ1) is 9.00. The molecule has 0 aliphatic carbocycles. The van der Waals surface area contributed by atoms with Crippen LogP contribution in [0.4, 0.5) is 4.79 Å². The van der Waals surface area contributed by atoms with Crippen LogP contribution < -0.4 is 11.5 Å². The van der Waals surface area contributed by atoms with Gasteiger partial charge in [-0.2, -0.15) is 0 Å². The molecule has 0 saturated carbocycles. The first-order valence-electron chi connectivity index (χ1n) is 5.88. The van der Waals surface area contributed by atoms with E-state index in [1.54, 1.807) is 0 Å². The number of nitrogens with zero attached hydrogens (tertiary/aromatic N) is 1. The molecule has 0 bridgehead atoms. The van der Waals surface area contributed by atoms with Crippen LogP contribution >= 0.6 is 0 Å². The van der Waals surface area contributed by atoms with Gasteiger partial charge in [-0.1, -0.05) is 18.2 Å². The van der Waals surface area contributed by atoms with Crippen LogP contribution in [0.25, 0.3) is 10.9 Å². The molecule has 19 heavy (non-hydrogen) atoms. The van der Waals surface area contributed by atoms with Gasteiger partial charge in [0.2, 0.25) is 5.91 Å². The maximum Gasteiger partial charge on any atom is 0.321 e. The number of H-pyrrole nitrogens is 1. The molecule has 5 N–H and O–H groups in total. The van der Waals surface area contributed by atoms with E-state index < -0.39 is 18.0 Å². The fraction of sp³-hybridized carbons (Fsp3) is 0.231. The quantitative estimate of drug-likeness (QED) is 0.751. The maximum atomic E-state index is 11.8. The summed E-state index contributed by atoms with van der Waals surface area (Å²) in [6.07, 6.45) is 2.17. The number of fused-ring (bicyclic) bond motifs is 1. The van der Waals surface area contributed by atoms with Gasteiger partial charge >= 0.3 is 6.03 Å². The molecule has 0 spiro atoms. The van der Waals surface area contributed by atoms with Crippen molar-refractivity contribution in [3.63, 3.8) is 0 Å². The number of imide groups is 1. The number of benzene rings is 1. The average Bonchev–Trinajstić information content (AvgIpc) is 2.80. The standard InChI is InChI=1S/C13H16N4O2/c1-17(13(15)19)12(18)10(14)6-8-7-16-11-5-3-2-4-9(8)11/h2-5,7,10,16H,6,14H2,1H3,(H2,15,19)/t10-/m0/s1. The van der Waals surface area contributed by atoms with Crippen molar-refractivity contribution in [3.05, 3.63) is 36.0 Å². The van der Waals surface area contributed by atoms with E-state index in [4.69, 9.17) is 11.5 Å². The second-order valence-corrected chi connectivity index (χ2v) is 4.41. The highest BCUT2D eigenvalue weighted by Crippen LogP contribution is 2.18. The van der Waals surface area contributed by atoms with Crippen LogP contribution in [0.5, 0.6) is 0 Å². The number of hydrogen-bond donors (Lipinski definition) is 3. The summed E-state index contributed by atoms with van der Waals surface area (Å²) in [7, 11) is 1.32. The van der Waals surface area contributed by atoms with Gasteiger partial charge in [0.1, 0.15) is 0 Å². The number of aromatic nitrogens is 1. The van der Waals surface area contributed by atoms with Crippen molar-refractivity contribution in [3.8, 4) is 0 Å². The lowest BCUT2D eigenvalue weighted by molar-refractivity contribution is -0.128. The molecule has 6 heteroatoms. The Hall–Kier alpha value is -2.34. The lowest BCUT2D eigenvalue weighted by Gasteiger charge is -2.17. The highest BCUT2D eigenvalue weighted by molar-refractivity contribution is 5.96. The molecule has 0 aliphatic heterocycles. The first-order valence-corrected chi connectivity index (χ1v) is 5.88. The van der Waals surface area contributed by atoms with Gasteiger partial charge in [-0.15, -0.1) is 0 Å². The molecule has 1 aromatic heterocycles. The minimum absolute atomic E-state index is 0.348. The zero-order valence-corrected chi connectivity index (χ0v) is 10.6. The zero-order chi connectivity index (χ0) is 14.0. The van der Waals surface area contributed by atoms with Crippen LogP contribution in [0.1, 0.15) is 5.56 Å². The molecule has 0 saturated heterocycles. The van der Waals surface area contributed by atoms with E-state index in [1.807, 2.05) is 30.5 Å². The predicted octanol–water partition coefficient (Wildman–Crippen LogP) is 0.575. The molecule has 1 aromatic carbocycles. The molecule has 1 atom stereocenters. The molecule has 2 aromatic rings. The number of para-hydroxylation sites is 1. The lowest BCUT2D eigenvalue weighted by Crippen LogP contribution is -2.47. The van der Waals surface area contributed by atoms with Crippen molar-refractivity contribution in [2.45, 2.75) is 12.5 Å². The Morgan fingerprint density at radius 1 is 1.37 bits per heavy atom.